The second-order valence-electron chi connectivity index (χ2n) is 4.73. The summed E-state index contributed by atoms with van der Waals surface area (Å²) in [6.07, 6.45) is -4.83. The highest BCUT2D eigenvalue weighted by Gasteiger charge is 2.30. The highest BCUT2D eigenvalue weighted by molar-refractivity contribution is 5.94. The Morgan fingerprint density at radius 2 is 1.81 bits per heavy atom. The molecule has 0 fully saturated rings. The van der Waals surface area contributed by atoms with Crippen molar-refractivity contribution in [3.63, 3.8) is 0 Å². The highest BCUT2D eigenvalue weighted by atomic mass is 19.4. The van der Waals surface area contributed by atoms with Gasteiger partial charge < -0.3 is 14.7 Å². The van der Waals surface area contributed by atoms with E-state index in [4.69, 9.17) is 9.84 Å². The number of ether oxygens (including phenoxy) is 1. The monoisotopic (exact) mass is 305 g/mol. The molecule has 118 valence electrons. The van der Waals surface area contributed by atoms with Crippen LogP contribution in [-0.2, 0) is 10.9 Å². The van der Waals surface area contributed by atoms with Gasteiger partial charge in [0.2, 0.25) is 0 Å². The lowest BCUT2D eigenvalue weighted by Crippen LogP contribution is -2.42. The first-order valence-corrected chi connectivity index (χ1v) is 6.35. The van der Waals surface area contributed by atoms with Gasteiger partial charge in [0.15, 0.2) is 0 Å². The number of carbonyl (C=O) groups excluding carboxylic acids is 1. The van der Waals surface area contributed by atoms with Crippen molar-refractivity contribution in [1.29, 1.82) is 0 Å². The van der Waals surface area contributed by atoms with Crippen LogP contribution in [0.5, 0.6) is 0 Å². The molecule has 0 aliphatic heterocycles. The van der Waals surface area contributed by atoms with E-state index in [0.29, 0.717) is 0 Å². The molecular formula is C14H18F3NO3. The number of hydrogen-bond donors (Lipinski definition) is 1. The lowest BCUT2D eigenvalue weighted by Gasteiger charge is -2.29. The smallest absolute Gasteiger partial charge is 0.371 e. The van der Waals surface area contributed by atoms with E-state index in [1.807, 2.05) is 0 Å². The van der Waals surface area contributed by atoms with Crippen molar-refractivity contribution in [2.45, 2.75) is 32.2 Å². The first kappa shape index (κ1) is 17.5. The topological polar surface area (TPSA) is 49.8 Å². The van der Waals surface area contributed by atoms with E-state index in [2.05, 4.69) is 0 Å². The van der Waals surface area contributed by atoms with Gasteiger partial charge in [0.1, 0.15) is 6.79 Å². The quantitative estimate of drug-likeness (QED) is 0.851. The van der Waals surface area contributed by atoms with Gasteiger partial charge in [0, 0.05) is 12.6 Å². The average Bonchev–Trinajstić information content (AvgIpc) is 2.44. The van der Waals surface area contributed by atoms with Crippen molar-refractivity contribution in [3.8, 4) is 0 Å². The molecule has 1 aromatic rings. The Labute approximate surface area is 121 Å². The van der Waals surface area contributed by atoms with Gasteiger partial charge in [0.05, 0.1) is 17.7 Å². The average molecular weight is 305 g/mol. The van der Waals surface area contributed by atoms with E-state index in [1.165, 1.54) is 11.9 Å². The molecule has 0 radical (unpaired) electrons. The van der Waals surface area contributed by atoms with Crippen molar-refractivity contribution in [2.24, 2.45) is 0 Å². The molecule has 21 heavy (non-hydrogen) atoms. The Hall–Kier alpha value is -1.60. The second kappa shape index (κ2) is 6.91. The molecule has 4 nitrogen and oxygen atoms in total. The number of aliphatic hydroxyl groups excluding tert-OH is 1. The molecule has 2 atom stereocenters. The maximum absolute atomic E-state index is 12.5. The van der Waals surface area contributed by atoms with Crippen LogP contribution in [0.2, 0.25) is 0 Å². The lowest BCUT2D eigenvalue weighted by molar-refractivity contribution is -0.137. The Kier molecular flexibility index (Phi) is 5.74. The molecule has 0 aromatic heterocycles. The van der Waals surface area contributed by atoms with Gasteiger partial charge in [-0.15, -0.1) is 0 Å². The summed E-state index contributed by atoms with van der Waals surface area (Å²) >= 11 is 0. The summed E-state index contributed by atoms with van der Waals surface area (Å²) < 4.78 is 42.4. The zero-order valence-electron chi connectivity index (χ0n) is 12.0. The molecule has 1 N–H and O–H groups in total. The first-order valence-electron chi connectivity index (χ1n) is 6.35. The van der Waals surface area contributed by atoms with Crippen LogP contribution in [-0.4, -0.2) is 41.9 Å². The number of halogens is 3. The van der Waals surface area contributed by atoms with Gasteiger partial charge in [-0.3, -0.25) is 4.79 Å². The van der Waals surface area contributed by atoms with E-state index < -0.39 is 30.5 Å². The Morgan fingerprint density at radius 3 is 2.24 bits per heavy atom. The molecule has 0 spiro atoms. The number of benzene rings is 1. The molecule has 0 saturated heterocycles. The SMILES string of the molecule is CC([C@H](C)OCO)N(C)C(=O)c1ccc(C(F)(F)F)cc1. The van der Waals surface area contributed by atoms with Gasteiger partial charge in [-0.1, -0.05) is 0 Å². The number of carbonyl (C=O) groups is 1. The zero-order chi connectivity index (χ0) is 16.2. The largest absolute Gasteiger partial charge is 0.416 e. The van der Waals surface area contributed by atoms with Crippen LogP contribution in [0.4, 0.5) is 13.2 Å². The van der Waals surface area contributed by atoms with Gasteiger partial charge in [-0.2, -0.15) is 13.2 Å². The van der Waals surface area contributed by atoms with E-state index in [-0.39, 0.29) is 11.6 Å². The minimum Gasteiger partial charge on any atom is -0.371 e. The first-order chi connectivity index (χ1) is 9.68. The van der Waals surface area contributed by atoms with Crippen molar-refractivity contribution in [1.82, 2.24) is 4.90 Å². The summed E-state index contributed by atoms with van der Waals surface area (Å²) in [6.45, 7) is 2.95. The van der Waals surface area contributed by atoms with Crippen molar-refractivity contribution in [3.05, 3.63) is 35.4 Å². The number of hydrogen-bond acceptors (Lipinski definition) is 3. The summed E-state index contributed by atoms with van der Waals surface area (Å²) in [5, 5.41) is 8.70. The third-order valence-electron chi connectivity index (χ3n) is 3.41. The third kappa shape index (κ3) is 4.44. The Morgan fingerprint density at radius 1 is 1.29 bits per heavy atom. The van der Waals surface area contributed by atoms with Crippen LogP contribution in [0.3, 0.4) is 0 Å². The van der Waals surface area contributed by atoms with Crippen LogP contribution in [0.25, 0.3) is 0 Å². The zero-order valence-corrected chi connectivity index (χ0v) is 12.0. The van der Waals surface area contributed by atoms with Crippen LogP contribution >= 0.6 is 0 Å². The summed E-state index contributed by atoms with van der Waals surface area (Å²) in [6, 6.07) is 3.70. The second-order valence-corrected chi connectivity index (χ2v) is 4.73. The van der Waals surface area contributed by atoms with Crippen molar-refractivity contribution >= 4 is 5.91 Å². The summed E-state index contributed by atoms with van der Waals surface area (Å²) in [5.74, 6) is -0.412. The molecule has 1 amide bonds. The molecule has 0 bridgehead atoms. The lowest BCUT2D eigenvalue weighted by atomic mass is 10.1. The molecule has 0 aliphatic carbocycles. The van der Waals surface area contributed by atoms with E-state index in [0.717, 1.165) is 24.3 Å². The number of amides is 1. The predicted octanol–water partition coefficient (Wildman–Crippen LogP) is 2.52. The van der Waals surface area contributed by atoms with Crippen molar-refractivity contribution < 1.29 is 27.8 Å². The van der Waals surface area contributed by atoms with Crippen LogP contribution in [0, 0.1) is 0 Å². The van der Waals surface area contributed by atoms with E-state index in [9.17, 15) is 18.0 Å². The number of likely N-dealkylation sites (N-methyl/N-ethyl adjacent to an activating group) is 1. The predicted molar refractivity (Wildman–Crippen MR) is 70.6 cm³/mol. The van der Waals surface area contributed by atoms with Crippen LogP contribution in [0.15, 0.2) is 24.3 Å². The molecular weight excluding hydrogens is 287 g/mol. The van der Waals surface area contributed by atoms with Gasteiger partial charge >= 0.3 is 6.18 Å². The number of nitrogens with zero attached hydrogens (tertiary/aromatic N) is 1. The molecule has 7 heteroatoms. The minimum atomic E-state index is -4.43. The fourth-order valence-electron chi connectivity index (χ4n) is 1.76. The molecule has 0 heterocycles. The molecule has 1 unspecified atom stereocenters. The third-order valence-corrected chi connectivity index (χ3v) is 3.41. The standard InChI is InChI=1S/C14H18F3NO3/c1-9(10(2)21-8-19)18(3)13(20)11-4-6-12(7-5-11)14(15,16)17/h4-7,9-10,19H,8H2,1-3H3/t9?,10-/m0/s1. The molecule has 0 saturated carbocycles. The minimum absolute atomic E-state index is 0.161. The Balaban J connectivity index is 2.83. The van der Waals surface area contributed by atoms with Gasteiger partial charge in [-0.05, 0) is 38.1 Å². The van der Waals surface area contributed by atoms with Crippen LogP contribution in [0.1, 0.15) is 29.8 Å². The van der Waals surface area contributed by atoms with E-state index in [1.54, 1.807) is 13.8 Å². The van der Waals surface area contributed by atoms with Crippen molar-refractivity contribution in [2.75, 3.05) is 13.8 Å². The summed E-state index contributed by atoms with van der Waals surface area (Å²) in [4.78, 5) is 13.5. The number of alkyl halides is 3. The molecule has 1 aromatic carbocycles. The normalized spacial score (nSPS) is 14.6. The van der Waals surface area contributed by atoms with Gasteiger partial charge in [0.25, 0.3) is 5.91 Å². The maximum atomic E-state index is 12.5. The number of aliphatic hydroxyl groups is 1. The number of rotatable bonds is 5. The summed E-state index contributed by atoms with van der Waals surface area (Å²) in [5.41, 5.74) is -0.639. The van der Waals surface area contributed by atoms with Crippen LogP contribution < -0.4 is 0 Å². The van der Waals surface area contributed by atoms with Gasteiger partial charge in [-0.25, -0.2) is 0 Å². The maximum Gasteiger partial charge on any atom is 0.416 e. The Bertz CT molecular complexity index is 473. The molecule has 1 rings (SSSR count). The van der Waals surface area contributed by atoms with E-state index >= 15 is 0 Å². The fraction of sp³-hybridized carbons (Fsp3) is 0.500. The summed E-state index contributed by atoms with van der Waals surface area (Å²) in [7, 11) is 1.53. The molecule has 0 aliphatic rings. The fourth-order valence-corrected chi connectivity index (χ4v) is 1.76. The highest BCUT2D eigenvalue weighted by Crippen LogP contribution is 2.29.